The Balaban J connectivity index is 2.49. The number of aromatic nitrogens is 1. The molecule has 0 atom stereocenters. The maximum Gasteiger partial charge on any atom is 0.343 e. The Bertz CT molecular complexity index is 942. The van der Waals surface area contributed by atoms with Crippen molar-refractivity contribution in [2.75, 3.05) is 0 Å². The molecule has 1 N–H and O–H groups in total. The molecule has 5 nitrogen and oxygen atoms in total. The van der Waals surface area contributed by atoms with E-state index in [9.17, 15) is 14.7 Å². The fraction of sp³-hybridized carbons (Fsp3) is 0.118. The van der Waals surface area contributed by atoms with Crippen LogP contribution in [0.4, 0.5) is 0 Å². The van der Waals surface area contributed by atoms with Gasteiger partial charge in [0, 0.05) is 11.3 Å². The van der Waals surface area contributed by atoms with Crippen molar-refractivity contribution >= 4 is 17.1 Å². The summed E-state index contributed by atoms with van der Waals surface area (Å²) in [6.07, 6.45) is 0. The summed E-state index contributed by atoms with van der Waals surface area (Å²) in [5.41, 5.74) is 1.10. The van der Waals surface area contributed by atoms with Crippen LogP contribution in [0.15, 0.2) is 45.6 Å². The van der Waals surface area contributed by atoms with Gasteiger partial charge >= 0.3 is 5.97 Å². The second-order valence-corrected chi connectivity index (χ2v) is 5.07. The first kappa shape index (κ1) is 14.0. The summed E-state index contributed by atoms with van der Waals surface area (Å²) in [6.45, 7) is 3.53. The lowest BCUT2D eigenvalue weighted by atomic mass is 10.0. The smallest absolute Gasteiger partial charge is 0.343 e. The third-order valence-electron chi connectivity index (χ3n) is 3.44. The molecule has 3 aromatic rings. The molecule has 22 heavy (non-hydrogen) atoms. The van der Waals surface area contributed by atoms with E-state index in [1.165, 1.54) is 0 Å². The maximum atomic E-state index is 12.6. The van der Waals surface area contributed by atoms with Crippen molar-refractivity contribution in [2.24, 2.45) is 0 Å². The van der Waals surface area contributed by atoms with Gasteiger partial charge in [0.15, 0.2) is 11.3 Å². The van der Waals surface area contributed by atoms with E-state index in [2.05, 4.69) is 4.98 Å². The fourth-order valence-corrected chi connectivity index (χ4v) is 2.52. The second-order valence-electron chi connectivity index (χ2n) is 5.07. The zero-order valence-electron chi connectivity index (χ0n) is 12.1. The average molecular weight is 295 g/mol. The standard InChI is InChI=1S/C17H13NO4/c1-9-8-10(2)18-16-12(9)14(19)13(17(20)21)15(22-16)11-6-4-3-5-7-11/h3-8H,1-2H3,(H,20,21). The van der Waals surface area contributed by atoms with Crippen LogP contribution in [0.1, 0.15) is 21.6 Å². The second kappa shape index (κ2) is 5.11. The molecule has 3 rings (SSSR count). The predicted octanol–water partition coefficient (Wildman–Crippen LogP) is 3.17. The summed E-state index contributed by atoms with van der Waals surface area (Å²) < 4.78 is 5.69. The van der Waals surface area contributed by atoms with E-state index in [1.807, 2.05) is 0 Å². The lowest BCUT2D eigenvalue weighted by Gasteiger charge is -2.08. The van der Waals surface area contributed by atoms with Gasteiger partial charge in [0.2, 0.25) is 11.1 Å². The fourth-order valence-electron chi connectivity index (χ4n) is 2.52. The van der Waals surface area contributed by atoms with Gasteiger partial charge in [-0.15, -0.1) is 0 Å². The minimum absolute atomic E-state index is 0.0306. The normalized spacial score (nSPS) is 10.8. The number of carbonyl (C=O) groups is 1. The Kier molecular flexibility index (Phi) is 3.25. The monoisotopic (exact) mass is 295 g/mol. The van der Waals surface area contributed by atoms with Gasteiger partial charge < -0.3 is 9.52 Å². The third-order valence-corrected chi connectivity index (χ3v) is 3.44. The van der Waals surface area contributed by atoms with Crippen LogP contribution >= 0.6 is 0 Å². The van der Waals surface area contributed by atoms with Crippen LogP contribution in [-0.2, 0) is 0 Å². The zero-order valence-corrected chi connectivity index (χ0v) is 12.1. The van der Waals surface area contributed by atoms with E-state index < -0.39 is 11.4 Å². The van der Waals surface area contributed by atoms with Crippen LogP contribution in [0.25, 0.3) is 22.4 Å². The van der Waals surface area contributed by atoms with Crippen molar-refractivity contribution in [2.45, 2.75) is 13.8 Å². The van der Waals surface area contributed by atoms with Gasteiger partial charge in [0.1, 0.15) is 0 Å². The molecule has 0 spiro atoms. The number of hydrogen-bond donors (Lipinski definition) is 1. The van der Waals surface area contributed by atoms with E-state index >= 15 is 0 Å². The Morgan fingerprint density at radius 2 is 1.86 bits per heavy atom. The minimum Gasteiger partial charge on any atom is -0.477 e. The van der Waals surface area contributed by atoms with E-state index in [0.717, 1.165) is 0 Å². The number of nitrogens with zero attached hydrogens (tertiary/aromatic N) is 1. The van der Waals surface area contributed by atoms with E-state index in [4.69, 9.17) is 4.42 Å². The lowest BCUT2D eigenvalue weighted by molar-refractivity contribution is 0.0694. The molecule has 110 valence electrons. The Labute approximate surface area is 125 Å². The minimum atomic E-state index is -1.31. The molecule has 2 aromatic heterocycles. The van der Waals surface area contributed by atoms with Crippen molar-refractivity contribution < 1.29 is 14.3 Å². The van der Waals surface area contributed by atoms with Crippen molar-refractivity contribution in [1.82, 2.24) is 4.98 Å². The quantitative estimate of drug-likeness (QED) is 0.785. The number of rotatable bonds is 2. The molecule has 2 heterocycles. The lowest BCUT2D eigenvalue weighted by Crippen LogP contribution is -2.18. The number of pyridine rings is 1. The van der Waals surface area contributed by atoms with Gasteiger partial charge in [0.25, 0.3) is 0 Å². The topological polar surface area (TPSA) is 80.4 Å². The summed E-state index contributed by atoms with van der Waals surface area (Å²) in [4.78, 5) is 28.4. The van der Waals surface area contributed by atoms with Crippen LogP contribution in [0.5, 0.6) is 0 Å². The van der Waals surface area contributed by atoms with Gasteiger partial charge in [-0.25, -0.2) is 9.78 Å². The highest BCUT2D eigenvalue weighted by atomic mass is 16.4. The molecule has 0 bridgehead atoms. The highest BCUT2D eigenvalue weighted by Gasteiger charge is 2.23. The maximum absolute atomic E-state index is 12.6. The molecule has 0 aliphatic rings. The van der Waals surface area contributed by atoms with Gasteiger partial charge in [-0.1, -0.05) is 30.3 Å². The molecule has 0 aliphatic heterocycles. The van der Waals surface area contributed by atoms with Crippen molar-refractivity contribution in [3.05, 3.63) is 63.4 Å². The molecule has 0 aliphatic carbocycles. The summed E-state index contributed by atoms with van der Waals surface area (Å²) in [6, 6.07) is 10.4. The number of fused-ring (bicyclic) bond motifs is 1. The van der Waals surface area contributed by atoms with Crippen molar-refractivity contribution in [3.63, 3.8) is 0 Å². The van der Waals surface area contributed by atoms with Crippen molar-refractivity contribution in [3.8, 4) is 11.3 Å². The van der Waals surface area contributed by atoms with Crippen LogP contribution < -0.4 is 5.43 Å². The van der Waals surface area contributed by atoms with Gasteiger partial charge in [-0.05, 0) is 25.5 Å². The SMILES string of the molecule is Cc1cc(C)c2c(=O)c(C(=O)O)c(-c3ccccc3)oc2n1. The van der Waals surface area contributed by atoms with Gasteiger partial charge in [-0.3, -0.25) is 4.79 Å². The Morgan fingerprint density at radius 1 is 1.18 bits per heavy atom. The van der Waals surface area contributed by atoms with Crippen LogP contribution in [0.2, 0.25) is 0 Å². The molecular formula is C17H13NO4. The molecule has 0 unspecified atom stereocenters. The average Bonchev–Trinajstić information content (AvgIpc) is 2.46. The van der Waals surface area contributed by atoms with Crippen LogP contribution in [-0.4, -0.2) is 16.1 Å². The number of aryl methyl sites for hydroxylation is 2. The molecular weight excluding hydrogens is 282 g/mol. The summed E-state index contributed by atoms with van der Waals surface area (Å²) in [5.74, 6) is -1.28. The van der Waals surface area contributed by atoms with Crippen LogP contribution in [0.3, 0.4) is 0 Å². The van der Waals surface area contributed by atoms with Crippen LogP contribution in [0, 0.1) is 13.8 Å². The first-order valence-corrected chi connectivity index (χ1v) is 6.73. The number of aromatic carboxylic acids is 1. The first-order chi connectivity index (χ1) is 10.5. The third kappa shape index (κ3) is 2.16. The number of benzene rings is 1. The molecule has 1 aromatic carbocycles. The van der Waals surface area contributed by atoms with E-state index in [-0.39, 0.29) is 22.4 Å². The van der Waals surface area contributed by atoms with E-state index in [1.54, 1.807) is 50.2 Å². The summed E-state index contributed by atoms with van der Waals surface area (Å²) in [5, 5.41) is 9.64. The molecule has 0 radical (unpaired) electrons. The largest absolute Gasteiger partial charge is 0.477 e. The molecule has 0 fully saturated rings. The zero-order chi connectivity index (χ0) is 15.9. The molecule has 0 saturated heterocycles. The molecule has 0 saturated carbocycles. The Morgan fingerprint density at radius 3 is 2.50 bits per heavy atom. The summed E-state index contributed by atoms with van der Waals surface area (Å²) >= 11 is 0. The molecule has 5 heteroatoms. The highest BCUT2D eigenvalue weighted by molar-refractivity contribution is 5.98. The Hall–Kier alpha value is -2.95. The predicted molar refractivity (Wildman–Crippen MR) is 82.1 cm³/mol. The van der Waals surface area contributed by atoms with Gasteiger partial charge in [0.05, 0.1) is 5.39 Å². The highest BCUT2D eigenvalue weighted by Crippen LogP contribution is 2.26. The molecule has 0 amide bonds. The number of carboxylic acid groups (broad SMARTS) is 1. The number of hydrogen-bond acceptors (Lipinski definition) is 4. The van der Waals surface area contributed by atoms with Crippen molar-refractivity contribution in [1.29, 1.82) is 0 Å². The first-order valence-electron chi connectivity index (χ1n) is 6.73. The number of carboxylic acids is 1. The van der Waals surface area contributed by atoms with Gasteiger partial charge in [-0.2, -0.15) is 0 Å². The van der Waals surface area contributed by atoms with E-state index in [0.29, 0.717) is 16.8 Å². The summed E-state index contributed by atoms with van der Waals surface area (Å²) in [7, 11) is 0.